The zero-order chi connectivity index (χ0) is 24.9. The molecule has 3 aromatic carbocycles. The largest absolute Gasteiger partial charge is 0.490 e. The van der Waals surface area contributed by atoms with Gasteiger partial charge in [-0.25, -0.2) is 0 Å². The SMILES string of the molecule is CCOc1cc(/C=C2\SC(=O)N(Cc3cccc(C)c3)C2=O)cc(I)c1OCc1ccccc1C. The van der Waals surface area contributed by atoms with Crippen molar-refractivity contribution in [3.63, 3.8) is 0 Å². The van der Waals surface area contributed by atoms with Crippen LogP contribution in [0.25, 0.3) is 6.08 Å². The summed E-state index contributed by atoms with van der Waals surface area (Å²) >= 11 is 3.18. The fourth-order valence-corrected chi connectivity index (χ4v) is 5.40. The van der Waals surface area contributed by atoms with Crippen LogP contribution >= 0.6 is 34.4 Å². The van der Waals surface area contributed by atoms with E-state index in [0.717, 1.165) is 37.6 Å². The minimum atomic E-state index is -0.283. The molecule has 0 saturated carbocycles. The van der Waals surface area contributed by atoms with Gasteiger partial charge >= 0.3 is 0 Å². The van der Waals surface area contributed by atoms with Gasteiger partial charge in [-0.3, -0.25) is 14.5 Å². The van der Waals surface area contributed by atoms with Crippen molar-refractivity contribution in [1.82, 2.24) is 4.90 Å². The van der Waals surface area contributed by atoms with Gasteiger partial charge in [0.25, 0.3) is 11.1 Å². The second-order valence-corrected chi connectivity index (χ2v) is 10.4. The van der Waals surface area contributed by atoms with Crippen molar-refractivity contribution in [2.75, 3.05) is 6.61 Å². The molecule has 0 aliphatic carbocycles. The van der Waals surface area contributed by atoms with Crippen LogP contribution in [-0.2, 0) is 17.9 Å². The number of aryl methyl sites for hydroxylation is 2. The Morgan fingerprint density at radius 1 is 1.00 bits per heavy atom. The van der Waals surface area contributed by atoms with Crippen LogP contribution in [0.3, 0.4) is 0 Å². The number of amides is 2. The first-order valence-electron chi connectivity index (χ1n) is 11.3. The molecule has 5 nitrogen and oxygen atoms in total. The van der Waals surface area contributed by atoms with Gasteiger partial charge in [0.15, 0.2) is 11.5 Å². The lowest BCUT2D eigenvalue weighted by Crippen LogP contribution is -2.27. The van der Waals surface area contributed by atoms with Crippen molar-refractivity contribution in [2.45, 2.75) is 33.9 Å². The molecular weight excluding hydrogens is 573 g/mol. The van der Waals surface area contributed by atoms with Crippen LogP contribution in [0.15, 0.2) is 65.6 Å². The lowest BCUT2D eigenvalue weighted by Gasteiger charge is -2.16. The third kappa shape index (κ3) is 6.08. The summed E-state index contributed by atoms with van der Waals surface area (Å²) < 4.78 is 12.9. The molecular formula is C28H26INO4S. The normalized spacial score (nSPS) is 14.6. The lowest BCUT2D eigenvalue weighted by atomic mass is 10.1. The van der Waals surface area contributed by atoms with E-state index in [1.54, 1.807) is 6.08 Å². The highest BCUT2D eigenvalue weighted by molar-refractivity contribution is 14.1. The molecule has 1 fully saturated rings. The summed E-state index contributed by atoms with van der Waals surface area (Å²) in [7, 11) is 0. The minimum Gasteiger partial charge on any atom is -0.490 e. The summed E-state index contributed by atoms with van der Waals surface area (Å²) in [5.74, 6) is 0.994. The molecule has 35 heavy (non-hydrogen) atoms. The highest BCUT2D eigenvalue weighted by atomic mass is 127. The number of nitrogens with zero attached hydrogens (tertiary/aromatic N) is 1. The Kier molecular flexibility index (Phi) is 8.18. The third-order valence-corrected chi connectivity index (χ3v) is 7.27. The molecule has 3 aromatic rings. The predicted molar refractivity (Wildman–Crippen MR) is 149 cm³/mol. The number of hydrogen-bond acceptors (Lipinski definition) is 5. The summed E-state index contributed by atoms with van der Waals surface area (Å²) in [5, 5.41) is -0.263. The number of imide groups is 1. The number of carbonyl (C=O) groups excluding carboxylic acids is 2. The average Bonchev–Trinajstić information content (AvgIpc) is 3.07. The number of halogens is 1. The van der Waals surface area contributed by atoms with E-state index < -0.39 is 0 Å². The maximum absolute atomic E-state index is 13.0. The zero-order valence-electron chi connectivity index (χ0n) is 19.8. The summed E-state index contributed by atoms with van der Waals surface area (Å²) in [6, 6.07) is 19.7. The van der Waals surface area contributed by atoms with E-state index in [1.165, 1.54) is 10.5 Å². The van der Waals surface area contributed by atoms with Crippen molar-refractivity contribution in [1.29, 1.82) is 0 Å². The van der Waals surface area contributed by atoms with Gasteiger partial charge in [0.2, 0.25) is 0 Å². The van der Waals surface area contributed by atoms with Crippen molar-refractivity contribution in [3.05, 3.63) is 97.0 Å². The molecule has 0 bridgehead atoms. The number of ether oxygens (including phenoxy) is 2. The summed E-state index contributed by atoms with van der Waals surface area (Å²) in [4.78, 5) is 27.3. The highest BCUT2D eigenvalue weighted by Crippen LogP contribution is 2.38. The van der Waals surface area contributed by atoms with Crippen LogP contribution in [0.1, 0.15) is 34.7 Å². The van der Waals surface area contributed by atoms with E-state index in [4.69, 9.17) is 9.47 Å². The fraction of sp³-hybridized carbons (Fsp3) is 0.214. The number of rotatable bonds is 8. The average molecular weight is 599 g/mol. The van der Waals surface area contributed by atoms with E-state index in [2.05, 4.69) is 35.6 Å². The van der Waals surface area contributed by atoms with E-state index in [-0.39, 0.29) is 17.7 Å². The first-order valence-corrected chi connectivity index (χ1v) is 13.2. The van der Waals surface area contributed by atoms with Gasteiger partial charge in [-0.2, -0.15) is 0 Å². The Hall–Kier alpha value is -2.78. The zero-order valence-corrected chi connectivity index (χ0v) is 22.8. The molecule has 0 unspecified atom stereocenters. The van der Waals surface area contributed by atoms with Gasteiger partial charge in [0, 0.05) is 0 Å². The van der Waals surface area contributed by atoms with Gasteiger partial charge in [0.05, 0.1) is 21.6 Å². The Morgan fingerprint density at radius 2 is 1.80 bits per heavy atom. The molecule has 7 heteroatoms. The molecule has 1 aliphatic heterocycles. The Bertz CT molecular complexity index is 1300. The van der Waals surface area contributed by atoms with E-state index in [1.807, 2.05) is 68.4 Å². The Labute approximate surface area is 223 Å². The molecule has 0 radical (unpaired) electrons. The molecule has 4 rings (SSSR count). The van der Waals surface area contributed by atoms with Gasteiger partial charge in [-0.1, -0.05) is 54.1 Å². The Balaban J connectivity index is 1.56. The first kappa shape index (κ1) is 25.3. The smallest absolute Gasteiger partial charge is 0.293 e. The molecule has 0 spiro atoms. The molecule has 1 aliphatic rings. The molecule has 180 valence electrons. The van der Waals surface area contributed by atoms with Crippen LogP contribution in [0.4, 0.5) is 4.79 Å². The lowest BCUT2D eigenvalue weighted by molar-refractivity contribution is -0.123. The second-order valence-electron chi connectivity index (χ2n) is 8.24. The predicted octanol–water partition coefficient (Wildman–Crippen LogP) is 7.12. The van der Waals surface area contributed by atoms with Gasteiger partial charge in [-0.15, -0.1) is 0 Å². The number of thioether (sulfide) groups is 1. The topological polar surface area (TPSA) is 55.8 Å². The van der Waals surface area contributed by atoms with Gasteiger partial charge in [-0.05, 0) is 95.6 Å². The second kappa shape index (κ2) is 11.3. The standard InChI is InChI=1S/C28H26INO4S/c1-4-33-24-14-21(13-23(29)26(24)34-17-22-11-6-5-9-19(22)3)15-25-27(31)30(28(32)35-25)16-20-10-7-8-18(2)12-20/h5-15H,4,16-17H2,1-3H3/b25-15-. The van der Waals surface area contributed by atoms with E-state index in [9.17, 15) is 9.59 Å². The van der Waals surface area contributed by atoms with Gasteiger partial charge in [0.1, 0.15) is 6.61 Å². The number of benzene rings is 3. The molecule has 0 aromatic heterocycles. The molecule has 0 N–H and O–H groups in total. The van der Waals surface area contributed by atoms with Crippen LogP contribution in [0.5, 0.6) is 11.5 Å². The fourth-order valence-electron chi connectivity index (χ4n) is 3.78. The van der Waals surface area contributed by atoms with Crippen LogP contribution in [-0.4, -0.2) is 22.7 Å². The highest BCUT2D eigenvalue weighted by Gasteiger charge is 2.35. The Morgan fingerprint density at radius 3 is 2.54 bits per heavy atom. The molecule has 1 saturated heterocycles. The third-order valence-electron chi connectivity index (χ3n) is 5.56. The summed E-state index contributed by atoms with van der Waals surface area (Å²) in [5.41, 5.74) is 5.07. The summed E-state index contributed by atoms with van der Waals surface area (Å²) in [6.07, 6.45) is 1.75. The maximum atomic E-state index is 13.0. The van der Waals surface area contributed by atoms with Crippen LogP contribution in [0, 0.1) is 17.4 Å². The number of hydrogen-bond donors (Lipinski definition) is 0. The quantitative estimate of drug-likeness (QED) is 0.204. The van der Waals surface area contributed by atoms with E-state index in [0.29, 0.717) is 29.6 Å². The molecule has 1 heterocycles. The van der Waals surface area contributed by atoms with Crippen molar-refractivity contribution >= 4 is 51.6 Å². The minimum absolute atomic E-state index is 0.261. The van der Waals surface area contributed by atoms with E-state index >= 15 is 0 Å². The van der Waals surface area contributed by atoms with Crippen molar-refractivity contribution in [2.24, 2.45) is 0 Å². The first-order chi connectivity index (χ1) is 16.9. The van der Waals surface area contributed by atoms with Crippen molar-refractivity contribution < 1.29 is 19.1 Å². The molecule has 2 amide bonds. The monoisotopic (exact) mass is 599 g/mol. The number of carbonyl (C=O) groups is 2. The maximum Gasteiger partial charge on any atom is 0.293 e. The van der Waals surface area contributed by atoms with Crippen molar-refractivity contribution in [3.8, 4) is 11.5 Å². The summed E-state index contributed by atoms with van der Waals surface area (Å²) in [6.45, 7) is 7.14. The van der Waals surface area contributed by atoms with Crippen LogP contribution in [0.2, 0.25) is 0 Å². The van der Waals surface area contributed by atoms with Crippen LogP contribution < -0.4 is 9.47 Å². The van der Waals surface area contributed by atoms with Gasteiger partial charge < -0.3 is 9.47 Å². The molecule has 0 atom stereocenters.